The molecule has 24 heavy (non-hydrogen) atoms. The van der Waals surface area contributed by atoms with Crippen molar-refractivity contribution >= 4 is 5.91 Å². The van der Waals surface area contributed by atoms with Gasteiger partial charge in [-0.05, 0) is 24.4 Å². The van der Waals surface area contributed by atoms with E-state index in [0.717, 1.165) is 25.1 Å². The second-order valence-corrected chi connectivity index (χ2v) is 6.55. The molecule has 2 aromatic rings. The Bertz CT molecular complexity index is 673. The van der Waals surface area contributed by atoms with Crippen molar-refractivity contribution < 1.29 is 9.32 Å². The third-order valence-corrected chi connectivity index (χ3v) is 4.29. The summed E-state index contributed by atoms with van der Waals surface area (Å²) in [5.41, 5.74) is 2.21. The van der Waals surface area contributed by atoms with Gasteiger partial charge in [-0.15, -0.1) is 0 Å². The van der Waals surface area contributed by atoms with Gasteiger partial charge >= 0.3 is 0 Å². The van der Waals surface area contributed by atoms with Crippen LogP contribution in [0.4, 0.5) is 0 Å². The predicted octanol–water partition coefficient (Wildman–Crippen LogP) is 2.27. The van der Waals surface area contributed by atoms with E-state index in [0.29, 0.717) is 30.5 Å². The van der Waals surface area contributed by atoms with Crippen molar-refractivity contribution in [2.24, 2.45) is 0 Å². The molecule has 2 heterocycles. The molecule has 0 saturated carbocycles. The van der Waals surface area contributed by atoms with Crippen molar-refractivity contribution in [3.8, 4) is 11.4 Å². The first-order valence-corrected chi connectivity index (χ1v) is 8.55. The molecule has 0 bridgehead atoms. The third-order valence-electron chi connectivity index (χ3n) is 4.29. The molecule has 0 aliphatic carbocycles. The van der Waals surface area contributed by atoms with Crippen LogP contribution in [0.1, 0.15) is 44.1 Å². The summed E-state index contributed by atoms with van der Waals surface area (Å²) in [5.74, 6) is 1.59. The number of aryl methyl sites for hydroxylation is 1. The van der Waals surface area contributed by atoms with Crippen LogP contribution < -0.4 is 10.6 Å². The van der Waals surface area contributed by atoms with Crippen LogP contribution in [0.15, 0.2) is 28.8 Å². The topological polar surface area (TPSA) is 80.0 Å². The minimum atomic E-state index is 0.0322. The summed E-state index contributed by atoms with van der Waals surface area (Å²) < 4.78 is 5.26. The summed E-state index contributed by atoms with van der Waals surface area (Å²) in [5, 5.41) is 10.3. The zero-order valence-electron chi connectivity index (χ0n) is 14.2. The number of carbonyl (C=O) groups is 1. The van der Waals surface area contributed by atoms with E-state index in [1.54, 1.807) is 0 Å². The summed E-state index contributed by atoms with van der Waals surface area (Å²) in [6.07, 6.45) is 1.82. The molecule has 3 rings (SSSR count). The van der Waals surface area contributed by atoms with E-state index in [2.05, 4.69) is 46.8 Å². The van der Waals surface area contributed by atoms with Crippen molar-refractivity contribution in [3.05, 3.63) is 35.7 Å². The molecule has 1 saturated heterocycles. The normalized spacial score (nSPS) is 17.4. The van der Waals surface area contributed by atoms with Crippen LogP contribution in [0.5, 0.6) is 0 Å². The monoisotopic (exact) mass is 328 g/mol. The molecule has 1 atom stereocenters. The molecule has 128 valence electrons. The summed E-state index contributed by atoms with van der Waals surface area (Å²) in [6, 6.07) is 8.42. The highest BCUT2D eigenvalue weighted by atomic mass is 16.5. The molecule has 1 aliphatic heterocycles. The number of nitrogens with one attached hydrogen (secondary N) is 2. The van der Waals surface area contributed by atoms with Gasteiger partial charge < -0.3 is 15.2 Å². The van der Waals surface area contributed by atoms with Crippen molar-refractivity contribution in [2.75, 3.05) is 13.1 Å². The average Bonchev–Trinajstić information content (AvgIpc) is 3.24. The molecular weight excluding hydrogens is 304 g/mol. The van der Waals surface area contributed by atoms with Crippen molar-refractivity contribution in [1.29, 1.82) is 0 Å². The van der Waals surface area contributed by atoms with Crippen molar-refractivity contribution in [3.63, 3.8) is 0 Å². The Labute approximate surface area is 142 Å². The van der Waals surface area contributed by atoms with Crippen LogP contribution in [0.2, 0.25) is 0 Å². The molecule has 1 aromatic heterocycles. The van der Waals surface area contributed by atoms with E-state index in [1.807, 2.05) is 12.1 Å². The summed E-state index contributed by atoms with van der Waals surface area (Å²) >= 11 is 0. The first-order chi connectivity index (χ1) is 11.6. The second kappa shape index (κ2) is 7.57. The zero-order valence-corrected chi connectivity index (χ0v) is 14.2. The fraction of sp³-hybridized carbons (Fsp3) is 0.500. The van der Waals surface area contributed by atoms with Gasteiger partial charge in [-0.2, -0.15) is 4.98 Å². The van der Waals surface area contributed by atoms with E-state index in [9.17, 15) is 4.79 Å². The van der Waals surface area contributed by atoms with Gasteiger partial charge in [0.05, 0.1) is 0 Å². The van der Waals surface area contributed by atoms with E-state index >= 15 is 0 Å². The molecule has 6 heteroatoms. The van der Waals surface area contributed by atoms with E-state index < -0.39 is 0 Å². The van der Waals surface area contributed by atoms with E-state index in [-0.39, 0.29) is 11.9 Å². The minimum absolute atomic E-state index is 0.0322. The van der Waals surface area contributed by atoms with Gasteiger partial charge in [0.25, 0.3) is 0 Å². The number of hydrogen-bond donors (Lipinski definition) is 2. The Morgan fingerprint density at radius 1 is 1.38 bits per heavy atom. The summed E-state index contributed by atoms with van der Waals surface area (Å²) in [7, 11) is 0. The SMILES string of the molecule is CC(C)c1ccc(-c2noc(CCC(=O)NC3CCNC3)n2)cc1. The van der Waals surface area contributed by atoms with Gasteiger partial charge in [0.2, 0.25) is 17.6 Å². The Kier molecular flexibility index (Phi) is 5.25. The average molecular weight is 328 g/mol. The number of aromatic nitrogens is 2. The highest BCUT2D eigenvalue weighted by molar-refractivity contribution is 5.76. The molecule has 0 spiro atoms. The minimum Gasteiger partial charge on any atom is -0.352 e. The largest absolute Gasteiger partial charge is 0.352 e. The van der Waals surface area contributed by atoms with Crippen molar-refractivity contribution in [2.45, 2.75) is 45.1 Å². The number of nitrogens with zero attached hydrogens (tertiary/aromatic N) is 2. The van der Waals surface area contributed by atoms with Gasteiger partial charge in [-0.3, -0.25) is 4.79 Å². The van der Waals surface area contributed by atoms with Crippen LogP contribution in [0, 0.1) is 0 Å². The third kappa shape index (κ3) is 4.20. The van der Waals surface area contributed by atoms with Crippen LogP contribution in [0.25, 0.3) is 11.4 Å². The lowest BCUT2D eigenvalue weighted by atomic mass is 10.0. The molecular formula is C18H24N4O2. The number of hydrogen-bond acceptors (Lipinski definition) is 5. The fourth-order valence-corrected chi connectivity index (χ4v) is 2.79. The summed E-state index contributed by atoms with van der Waals surface area (Å²) in [6.45, 7) is 6.14. The Morgan fingerprint density at radius 2 is 2.17 bits per heavy atom. The van der Waals surface area contributed by atoms with Crippen LogP contribution in [-0.2, 0) is 11.2 Å². The van der Waals surface area contributed by atoms with Crippen LogP contribution in [-0.4, -0.2) is 35.2 Å². The van der Waals surface area contributed by atoms with Gasteiger partial charge in [0, 0.05) is 31.0 Å². The smallest absolute Gasteiger partial charge is 0.227 e. The second-order valence-electron chi connectivity index (χ2n) is 6.55. The quantitative estimate of drug-likeness (QED) is 0.850. The molecule has 6 nitrogen and oxygen atoms in total. The standard InChI is InChI=1S/C18H24N4O2/c1-12(2)13-3-5-14(6-4-13)18-21-17(24-22-18)8-7-16(23)20-15-9-10-19-11-15/h3-6,12,15,19H,7-11H2,1-2H3,(H,20,23). The summed E-state index contributed by atoms with van der Waals surface area (Å²) in [4.78, 5) is 16.3. The molecule has 1 fully saturated rings. The van der Waals surface area contributed by atoms with E-state index in [4.69, 9.17) is 4.52 Å². The first-order valence-electron chi connectivity index (χ1n) is 8.55. The number of rotatable bonds is 6. The Balaban J connectivity index is 1.54. The zero-order chi connectivity index (χ0) is 16.9. The van der Waals surface area contributed by atoms with Crippen LogP contribution in [0.3, 0.4) is 0 Å². The fourth-order valence-electron chi connectivity index (χ4n) is 2.79. The maximum absolute atomic E-state index is 11.9. The van der Waals surface area contributed by atoms with Crippen molar-refractivity contribution in [1.82, 2.24) is 20.8 Å². The highest BCUT2D eigenvalue weighted by Gasteiger charge is 2.17. The van der Waals surface area contributed by atoms with Crippen LogP contribution >= 0.6 is 0 Å². The Morgan fingerprint density at radius 3 is 2.83 bits per heavy atom. The van der Waals surface area contributed by atoms with Gasteiger partial charge in [0.1, 0.15) is 0 Å². The Hall–Kier alpha value is -2.21. The molecule has 1 amide bonds. The predicted molar refractivity (Wildman–Crippen MR) is 91.6 cm³/mol. The first kappa shape index (κ1) is 16.6. The molecule has 1 aromatic carbocycles. The number of benzene rings is 1. The maximum Gasteiger partial charge on any atom is 0.227 e. The number of amides is 1. The lowest BCUT2D eigenvalue weighted by molar-refractivity contribution is -0.121. The number of carbonyl (C=O) groups excluding carboxylic acids is 1. The molecule has 1 unspecified atom stereocenters. The maximum atomic E-state index is 11.9. The molecule has 0 radical (unpaired) electrons. The van der Waals surface area contributed by atoms with E-state index in [1.165, 1.54) is 5.56 Å². The highest BCUT2D eigenvalue weighted by Crippen LogP contribution is 2.20. The van der Waals surface area contributed by atoms with Gasteiger partial charge in [0.15, 0.2) is 0 Å². The van der Waals surface area contributed by atoms with Gasteiger partial charge in [-0.1, -0.05) is 43.3 Å². The lowest BCUT2D eigenvalue weighted by Gasteiger charge is -2.10. The van der Waals surface area contributed by atoms with Gasteiger partial charge in [-0.25, -0.2) is 0 Å². The molecule has 2 N–H and O–H groups in total. The molecule has 1 aliphatic rings. The lowest BCUT2D eigenvalue weighted by Crippen LogP contribution is -2.36.